The highest BCUT2D eigenvalue weighted by molar-refractivity contribution is 14.1. The molecule has 5 nitrogen and oxygen atoms in total. The van der Waals surface area contributed by atoms with Crippen LogP contribution in [0.25, 0.3) is 0 Å². The monoisotopic (exact) mass is 397 g/mol. The first-order valence-electron chi connectivity index (χ1n) is 4.73. The standard InChI is InChI=1S/C9H9BrIN3O2/c10-2-5-1-7(15)14(4-5)9-12-3-6(11)8(16)13-9/h3,5H,1-2,4H2,(H,12,13,16). The highest BCUT2D eigenvalue weighted by Crippen LogP contribution is 2.22. The molecule has 0 saturated carbocycles. The Labute approximate surface area is 114 Å². The van der Waals surface area contributed by atoms with Crippen molar-refractivity contribution in [1.29, 1.82) is 0 Å². The molecule has 1 aliphatic heterocycles. The van der Waals surface area contributed by atoms with Gasteiger partial charge in [0.15, 0.2) is 0 Å². The number of carbonyl (C=O) groups is 1. The molecule has 2 heterocycles. The minimum absolute atomic E-state index is 0.00816. The number of amides is 1. The number of alkyl halides is 1. The summed E-state index contributed by atoms with van der Waals surface area (Å²) in [5.74, 6) is 0.643. The van der Waals surface area contributed by atoms with Crippen molar-refractivity contribution < 1.29 is 4.79 Å². The third kappa shape index (κ3) is 2.29. The lowest BCUT2D eigenvalue weighted by molar-refractivity contribution is -0.117. The van der Waals surface area contributed by atoms with E-state index in [0.717, 1.165) is 5.33 Å². The summed E-state index contributed by atoms with van der Waals surface area (Å²) in [5.41, 5.74) is -0.208. The first kappa shape index (κ1) is 12.0. The summed E-state index contributed by atoms with van der Waals surface area (Å²) in [5, 5.41) is 0.782. The van der Waals surface area contributed by atoms with Crippen LogP contribution in [0.3, 0.4) is 0 Å². The van der Waals surface area contributed by atoms with Crippen LogP contribution in [-0.4, -0.2) is 27.7 Å². The molecule has 86 valence electrons. The van der Waals surface area contributed by atoms with Gasteiger partial charge in [0.05, 0.1) is 3.57 Å². The molecule has 1 fully saturated rings. The number of H-pyrrole nitrogens is 1. The summed E-state index contributed by atoms with van der Waals surface area (Å²) < 4.78 is 0.519. The van der Waals surface area contributed by atoms with Gasteiger partial charge in [0.25, 0.3) is 5.56 Å². The van der Waals surface area contributed by atoms with E-state index in [9.17, 15) is 9.59 Å². The Morgan fingerprint density at radius 2 is 2.38 bits per heavy atom. The molecule has 1 amide bonds. The number of anilines is 1. The molecule has 1 aromatic heterocycles. The van der Waals surface area contributed by atoms with Gasteiger partial charge >= 0.3 is 0 Å². The minimum atomic E-state index is -0.208. The van der Waals surface area contributed by atoms with Gasteiger partial charge in [-0.05, 0) is 28.5 Å². The topological polar surface area (TPSA) is 66.1 Å². The molecular weight excluding hydrogens is 389 g/mol. The second-order valence-corrected chi connectivity index (χ2v) is 5.42. The lowest BCUT2D eigenvalue weighted by Gasteiger charge is -2.14. The predicted molar refractivity (Wildman–Crippen MR) is 71.8 cm³/mol. The molecule has 1 aromatic rings. The second kappa shape index (κ2) is 4.82. The van der Waals surface area contributed by atoms with Crippen LogP contribution in [-0.2, 0) is 4.79 Å². The Morgan fingerprint density at radius 3 is 2.94 bits per heavy atom. The highest BCUT2D eigenvalue weighted by Gasteiger charge is 2.31. The van der Waals surface area contributed by atoms with Gasteiger partial charge in [0.1, 0.15) is 0 Å². The summed E-state index contributed by atoms with van der Waals surface area (Å²) in [6.07, 6.45) is 1.98. The fourth-order valence-corrected chi connectivity index (χ4v) is 2.30. The van der Waals surface area contributed by atoms with Crippen molar-refractivity contribution in [2.75, 3.05) is 16.8 Å². The van der Waals surface area contributed by atoms with Gasteiger partial charge in [-0.15, -0.1) is 0 Å². The number of aromatic nitrogens is 2. The summed E-state index contributed by atoms with van der Waals surface area (Å²) in [6.45, 7) is 0.605. The van der Waals surface area contributed by atoms with Crippen LogP contribution >= 0.6 is 38.5 Å². The average molecular weight is 398 g/mol. The zero-order chi connectivity index (χ0) is 11.7. The van der Waals surface area contributed by atoms with Crippen molar-refractivity contribution in [3.8, 4) is 0 Å². The van der Waals surface area contributed by atoms with Gasteiger partial charge in [-0.25, -0.2) is 4.98 Å². The van der Waals surface area contributed by atoms with Gasteiger partial charge in [-0.2, -0.15) is 0 Å². The van der Waals surface area contributed by atoms with Crippen molar-refractivity contribution in [3.05, 3.63) is 20.1 Å². The Bertz CT molecular complexity index is 476. The SMILES string of the molecule is O=C1CC(CBr)CN1c1ncc(I)c(=O)[nH]1. The molecule has 0 radical (unpaired) electrons. The molecule has 7 heteroatoms. The zero-order valence-electron chi connectivity index (χ0n) is 8.24. The molecule has 16 heavy (non-hydrogen) atoms. The van der Waals surface area contributed by atoms with Crippen LogP contribution in [0.2, 0.25) is 0 Å². The predicted octanol–water partition coefficient (Wildman–Crippen LogP) is 1.12. The molecule has 1 unspecified atom stereocenters. The summed E-state index contributed by atoms with van der Waals surface area (Å²) >= 11 is 5.26. The van der Waals surface area contributed by atoms with Crippen LogP contribution in [0.4, 0.5) is 5.95 Å². The minimum Gasteiger partial charge on any atom is -0.291 e. The van der Waals surface area contributed by atoms with E-state index in [-0.39, 0.29) is 17.4 Å². The van der Waals surface area contributed by atoms with Crippen LogP contribution in [0.5, 0.6) is 0 Å². The smallest absolute Gasteiger partial charge is 0.265 e. The Balaban J connectivity index is 2.28. The second-order valence-electron chi connectivity index (χ2n) is 3.61. The van der Waals surface area contributed by atoms with E-state index in [2.05, 4.69) is 25.9 Å². The number of halogens is 2. The van der Waals surface area contributed by atoms with Crippen LogP contribution in [0.15, 0.2) is 11.0 Å². The maximum Gasteiger partial charge on any atom is 0.265 e. The molecule has 1 aliphatic rings. The molecule has 1 atom stereocenters. The van der Waals surface area contributed by atoms with Crippen molar-refractivity contribution in [2.24, 2.45) is 5.92 Å². The Kier molecular flexibility index (Phi) is 3.63. The lowest BCUT2D eigenvalue weighted by Crippen LogP contribution is -2.29. The third-order valence-electron chi connectivity index (χ3n) is 2.42. The van der Waals surface area contributed by atoms with Gasteiger partial charge in [0.2, 0.25) is 11.9 Å². The van der Waals surface area contributed by atoms with Crippen molar-refractivity contribution in [3.63, 3.8) is 0 Å². The highest BCUT2D eigenvalue weighted by atomic mass is 127. The van der Waals surface area contributed by atoms with E-state index < -0.39 is 0 Å². The first-order valence-corrected chi connectivity index (χ1v) is 6.93. The molecule has 1 N–H and O–H groups in total. The number of nitrogens with zero attached hydrogens (tertiary/aromatic N) is 2. The molecular formula is C9H9BrIN3O2. The van der Waals surface area contributed by atoms with Gasteiger partial charge in [-0.3, -0.25) is 19.5 Å². The maximum absolute atomic E-state index is 11.7. The quantitative estimate of drug-likeness (QED) is 0.600. The van der Waals surface area contributed by atoms with Crippen LogP contribution in [0.1, 0.15) is 6.42 Å². The van der Waals surface area contributed by atoms with Crippen molar-refractivity contribution in [1.82, 2.24) is 9.97 Å². The number of aromatic amines is 1. The number of hydrogen-bond acceptors (Lipinski definition) is 3. The number of carbonyl (C=O) groups excluding carboxylic acids is 1. The van der Waals surface area contributed by atoms with Crippen molar-refractivity contribution in [2.45, 2.75) is 6.42 Å². The number of nitrogens with one attached hydrogen (secondary N) is 1. The van der Waals surface area contributed by atoms with Crippen LogP contribution in [0, 0.1) is 9.49 Å². The van der Waals surface area contributed by atoms with E-state index in [0.29, 0.717) is 22.5 Å². The Hall–Kier alpha value is -0.440. The normalized spacial score (nSPS) is 20.5. The van der Waals surface area contributed by atoms with E-state index in [1.807, 2.05) is 22.6 Å². The fourth-order valence-electron chi connectivity index (χ4n) is 1.60. The molecule has 0 bridgehead atoms. The van der Waals surface area contributed by atoms with Gasteiger partial charge in [0, 0.05) is 24.5 Å². The molecule has 0 aliphatic carbocycles. The zero-order valence-corrected chi connectivity index (χ0v) is 12.0. The van der Waals surface area contributed by atoms with E-state index in [4.69, 9.17) is 0 Å². The maximum atomic E-state index is 11.7. The van der Waals surface area contributed by atoms with Crippen molar-refractivity contribution >= 4 is 50.4 Å². The van der Waals surface area contributed by atoms with E-state index >= 15 is 0 Å². The van der Waals surface area contributed by atoms with E-state index in [1.165, 1.54) is 11.1 Å². The molecule has 0 spiro atoms. The summed E-state index contributed by atoms with van der Waals surface area (Å²) in [6, 6.07) is 0. The van der Waals surface area contributed by atoms with Crippen LogP contribution < -0.4 is 10.5 Å². The molecule has 2 rings (SSSR count). The van der Waals surface area contributed by atoms with E-state index in [1.54, 1.807) is 0 Å². The fraction of sp³-hybridized carbons (Fsp3) is 0.444. The summed E-state index contributed by atoms with van der Waals surface area (Å²) in [4.78, 5) is 31.3. The van der Waals surface area contributed by atoms with Gasteiger partial charge in [-0.1, -0.05) is 15.9 Å². The third-order valence-corrected chi connectivity index (χ3v) is 4.11. The molecule has 0 aromatic carbocycles. The first-order chi connectivity index (χ1) is 7.61. The Morgan fingerprint density at radius 1 is 1.62 bits per heavy atom. The molecule has 1 saturated heterocycles. The average Bonchev–Trinajstić information content (AvgIpc) is 2.64. The summed E-state index contributed by atoms with van der Waals surface area (Å²) in [7, 11) is 0. The number of hydrogen-bond donors (Lipinski definition) is 1. The largest absolute Gasteiger partial charge is 0.291 e. The van der Waals surface area contributed by atoms with Gasteiger partial charge < -0.3 is 0 Å². The lowest BCUT2D eigenvalue weighted by atomic mass is 10.2. The number of rotatable bonds is 2.